The van der Waals surface area contributed by atoms with Gasteiger partial charge in [-0.15, -0.1) is 0 Å². The third kappa shape index (κ3) is 1.72. The average molecular weight is 165 g/mol. The largest absolute Gasteiger partial charge is 0.382 e. The van der Waals surface area contributed by atoms with Gasteiger partial charge in [0.15, 0.2) is 0 Å². The van der Waals surface area contributed by atoms with Crippen LogP contribution in [0.1, 0.15) is 32.4 Å². The fourth-order valence-electron chi connectivity index (χ4n) is 1.03. The van der Waals surface area contributed by atoms with Gasteiger partial charge in [0.25, 0.3) is 0 Å². The Bertz CT molecular complexity index is 258. The first-order valence-electron chi connectivity index (χ1n) is 4.19. The monoisotopic (exact) mass is 165 g/mol. The molecule has 0 saturated heterocycles. The molecule has 0 bridgehead atoms. The van der Waals surface area contributed by atoms with Gasteiger partial charge in [0.05, 0.1) is 5.69 Å². The molecule has 1 aromatic heterocycles. The zero-order valence-electron chi connectivity index (χ0n) is 7.78. The van der Waals surface area contributed by atoms with E-state index in [1.165, 1.54) is 0 Å². The second kappa shape index (κ2) is 3.52. The Balaban J connectivity index is 2.94. The topological polar surface area (TPSA) is 51.8 Å². The molecule has 0 radical (unpaired) electrons. The lowest BCUT2D eigenvalue weighted by atomic mass is 9.94. The van der Waals surface area contributed by atoms with Gasteiger partial charge in [-0.25, -0.2) is 4.98 Å². The molecule has 1 heterocycles. The van der Waals surface area contributed by atoms with E-state index in [1.807, 2.05) is 0 Å². The SMILES string of the molecule is CC(C)C(C)c1nccnc1N. The number of rotatable bonds is 2. The molecule has 0 aliphatic carbocycles. The summed E-state index contributed by atoms with van der Waals surface area (Å²) in [6, 6.07) is 0. The molecule has 1 aromatic rings. The second-order valence-electron chi connectivity index (χ2n) is 3.36. The highest BCUT2D eigenvalue weighted by Gasteiger charge is 2.14. The molecule has 0 amide bonds. The molecule has 66 valence electrons. The first-order valence-corrected chi connectivity index (χ1v) is 4.19. The Morgan fingerprint density at radius 1 is 1.17 bits per heavy atom. The van der Waals surface area contributed by atoms with Crippen molar-refractivity contribution in [1.82, 2.24) is 9.97 Å². The second-order valence-corrected chi connectivity index (χ2v) is 3.36. The number of nitrogen functional groups attached to an aromatic ring is 1. The fraction of sp³-hybridized carbons (Fsp3) is 0.556. The lowest BCUT2D eigenvalue weighted by Crippen LogP contribution is -2.08. The summed E-state index contributed by atoms with van der Waals surface area (Å²) in [4.78, 5) is 8.21. The zero-order chi connectivity index (χ0) is 9.14. The van der Waals surface area contributed by atoms with Gasteiger partial charge in [-0.2, -0.15) is 0 Å². The number of nitrogens with two attached hydrogens (primary N) is 1. The van der Waals surface area contributed by atoms with Crippen molar-refractivity contribution in [3.05, 3.63) is 18.1 Å². The molecule has 1 unspecified atom stereocenters. The molecular weight excluding hydrogens is 150 g/mol. The van der Waals surface area contributed by atoms with Crippen LogP contribution >= 0.6 is 0 Å². The minimum atomic E-state index is 0.374. The van der Waals surface area contributed by atoms with Crippen LogP contribution in [0.15, 0.2) is 12.4 Å². The Hall–Kier alpha value is -1.12. The highest BCUT2D eigenvalue weighted by atomic mass is 14.9. The van der Waals surface area contributed by atoms with E-state index in [4.69, 9.17) is 5.73 Å². The van der Waals surface area contributed by atoms with Gasteiger partial charge >= 0.3 is 0 Å². The van der Waals surface area contributed by atoms with Crippen LogP contribution in [-0.2, 0) is 0 Å². The van der Waals surface area contributed by atoms with Crippen molar-refractivity contribution >= 4 is 5.82 Å². The summed E-state index contributed by atoms with van der Waals surface area (Å²) in [6.07, 6.45) is 3.30. The molecule has 0 saturated carbocycles. The Labute approximate surface area is 73.0 Å². The van der Waals surface area contributed by atoms with Crippen LogP contribution in [-0.4, -0.2) is 9.97 Å². The van der Waals surface area contributed by atoms with Crippen molar-refractivity contribution in [3.63, 3.8) is 0 Å². The molecule has 0 spiro atoms. The highest BCUT2D eigenvalue weighted by molar-refractivity contribution is 5.35. The third-order valence-electron chi connectivity index (χ3n) is 2.19. The number of hydrogen-bond donors (Lipinski definition) is 1. The van der Waals surface area contributed by atoms with Crippen LogP contribution in [0.25, 0.3) is 0 Å². The predicted molar refractivity (Wildman–Crippen MR) is 49.7 cm³/mol. The van der Waals surface area contributed by atoms with Crippen molar-refractivity contribution < 1.29 is 0 Å². The predicted octanol–water partition coefficient (Wildman–Crippen LogP) is 1.82. The van der Waals surface area contributed by atoms with E-state index in [0.29, 0.717) is 17.7 Å². The summed E-state index contributed by atoms with van der Waals surface area (Å²) in [7, 11) is 0. The van der Waals surface area contributed by atoms with Crippen LogP contribution in [0, 0.1) is 5.92 Å². The zero-order valence-corrected chi connectivity index (χ0v) is 7.78. The van der Waals surface area contributed by atoms with Gasteiger partial charge in [0.1, 0.15) is 5.82 Å². The van der Waals surface area contributed by atoms with Crippen molar-refractivity contribution in [2.75, 3.05) is 5.73 Å². The van der Waals surface area contributed by atoms with E-state index in [1.54, 1.807) is 12.4 Å². The van der Waals surface area contributed by atoms with Gasteiger partial charge in [-0.3, -0.25) is 4.98 Å². The third-order valence-corrected chi connectivity index (χ3v) is 2.19. The van der Waals surface area contributed by atoms with Gasteiger partial charge in [-0.1, -0.05) is 20.8 Å². The van der Waals surface area contributed by atoms with Crippen molar-refractivity contribution in [2.45, 2.75) is 26.7 Å². The Morgan fingerprint density at radius 2 is 1.75 bits per heavy atom. The van der Waals surface area contributed by atoms with Crippen LogP contribution in [0.5, 0.6) is 0 Å². The molecule has 1 rings (SSSR count). The normalized spacial score (nSPS) is 13.3. The van der Waals surface area contributed by atoms with E-state index in [0.717, 1.165) is 5.69 Å². The molecule has 0 aliphatic rings. The number of aromatic nitrogens is 2. The lowest BCUT2D eigenvalue weighted by molar-refractivity contribution is 0.523. The summed E-state index contributed by atoms with van der Waals surface area (Å²) in [6.45, 7) is 6.42. The summed E-state index contributed by atoms with van der Waals surface area (Å²) >= 11 is 0. The van der Waals surface area contributed by atoms with Crippen molar-refractivity contribution in [1.29, 1.82) is 0 Å². The molecule has 3 heteroatoms. The molecule has 1 atom stereocenters. The summed E-state index contributed by atoms with van der Waals surface area (Å²) < 4.78 is 0. The Kier molecular flexibility index (Phi) is 2.63. The first kappa shape index (κ1) is 8.97. The van der Waals surface area contributed by atoms with Gasteiger partial charge < -0.3 is 5.73 Å². The van der Waals surface area contributed by atoms with Crippen LogP contribution < -0.4 is 5.73 Å². The van der Waals surface area contributed by atoms with Crippen molar-refractivity contribution in [2.24, 2.45) is 5.92 Å². The molecule has 2 N–H and O–H groups in total. The van der Waals surface area contributed by atoms with Gasteiger partial charge in [-0.05, 0) is 5.92 Å². The number of anilines is 1. The van der Waals surface area contributed by atoms with Gasteiger partial charge in [0, 0.05) is 18.3 Å². The Morgan fingerprint density at radius 3 is 2.25 bits per heavy atom. The fourth-order valence-corrected chi connectivity index (χ4v) is 1.03. The maximum absolute atomic E-state index is 5.69. The molecule has 0 aliphatic heterocycles. The molecule has 0 fully saturated rings. The molecular formula is C9H15N3. The van der Waals surface area contributed by atoms with E-state index in [9.17, 15) is 0 Å². The molecule has 12 heavy (non-hydrogen) atoms. The van der Waals surface area contributed by atoms with E-state index in [-0.39, 0.29) is 0 Å². The maximum atomic E-state index is 5.69. The highest BCUT2D eigenvalue weighted by Crippen LogP contribution is 2.24. The van der Waals surface area contributed by atoms with E-state index < -0.39 is 0 Å². The van der Waals surface area contributed by atoms with Crippen LogP contribution in [0.4, 0.5) is 5.82 Å². The number of hydrogen-bond acceptors (Lipinski definition) is 3. The van der Waals surface area contributed by atoms with Gasteiger partial charge in [0.2, 0.25) is 0 Å². The lowest BCUT2D eigenvalue weighted by Gasteiger charge is -2.15. The maximum Gasteiger partial charge on any atom is 0.145 e. The smallest absolute Gasteiger partial charge is 0.145 e. The minimum absolute atomic E-state index is 0.374. The first-order chi connectivity index (χ1) is 5.63. The van der Waals surface area contributed by atoms with Crippen molar-refractivity contribution in [3.8, 4) is 0 Å². The van der Waals surface area contributed by atoms with E-state index >= 15 is 0 Å². The summed E-state index contributed by atoms with van der Waals surface area (Å²) in [5.74, 6) is 1.47. The number of nitrogens with zero attached hydrogens (tertiary/aromatic N) is 2. The van der Waals surface area contributed by atoms with E-state index in [2.05, 4.69) is 30.7 Å². The van der Waals surface area contributed by atoms with Crippen LogP contribution in [0.3, 0.4) is 0 Å². The molecule has 0 aromatic carbocycles. The summed E-state index contributed by atoms with van der Waals surface area (Å²) in [5, 5.41) is 0. The van der Waals surface area contributed by atoms with Crippen LogP contribution in [0.2, 0.25) is 0 Å². The quantitative estimate of drug-likeness (QED) is 0.727. The standard InChI is InChI=1S/C9H15N3/c1-6(2)7(3)8-9(10)12-5-4-11-8/h4-7H,1-3H3,(H2,10,12). The summed E-state index contributed by atoms with van der Waals surface area (Å²) in [5.41, 5.74) is 6.60. The molecule has 3 nitrogen and oxygen atoms in total. The minimum Gasteiger partial charge on any atom is -0.382 e. The average Bonchev–Trinajstić information content (AvgIpc) is 2.04.